The van der Waals surface area contributed by atoms with Gasteiger partial charge in [0, 0.05) is 11.4 Å². The fraction of sp³-hybridized carbons (Fsp3) is 0.824. The lowest BCUT2D eigenvalue weighted by Crippen LogP contribution is -2.28. The first-order chi connectivity index (χ1) is 9.58. The van der Waals surface area contributed by atoms with Gasteiger partial charge in [-0.2, -0.15) is 0 Å². The highest BCUT2D eigenvalue weighted by Gasteiger charge is 2.32. The van der Waals surface area contributed by atoms with Crippen LogP contribution in [-0.2, 0) is 19.4 Å². The summed E-state index contributed by atoms with van der Waals surface area (Å²) >= 11 is 1.96. The Kier molecular flexibility index (Phi) is 4.19. The van der Waals surface area contributed by atoms with E-state index in [0.717, 1.165) is 18.4 Å². The molecule has 0 saturated heterocycles. The third-order valence-electron chi connectivity index (χ3n) is 5.41. The fourth-order valence-corrected chi connectivity index (χ4v) is 4.33. The molecule has 112 valence electrons. The van der Waals surface area contributed by atoms with Crippen LogP contribution >= 0.6 is 11.3 Å². The number of rotatable bonds is 6. The zero-order chi connectivity index (χ0) is 14.2. The molecule has 1 aromatic heterocycles. The van der Waals surface area contributed by atoms with E-state index in [-0.39, 0.29) is 0 Å². The summed E-state index contributed by atoms with van der Waals surface area (Å²) in [5.41, 5.74) is 1.88. The molecular weight excluding hydrogens is 264 g/mol. The molecule has 2 nitrogen and oxygen atoms in total. The monoisotopic (exact) mass is 292 g/mol. The Hall–Kier alpha value is -0.410. The van der Waals surface area contributed by atoms with Crippen molar-refractivity contribution in [2.24, 2.45) is 17.3 Å². The normalized spacial score (nSPS) is 22.9. The first-order valence-corrected chi connectivity index (χ1v) is 9.08. The van der Waals surface area contributed by atoms with Crippen LogP contribution in [-0.4, -0.2) is 11.5 Å². The summed E-state index contributed by atoms with van der Waals surface area (Å²) in [6.07, 6.45) is 7.91. The van der Waals surface area contributed by atoms with E-state index in [4.69, 9.17) is 4.98 Å². The van der Waals surface area contributed by atoms with Gasteiger partial charge in [0.15, 0.2) is 0 Å². The first-order valence-electron chi connectivity index (χ1n) is 8.26. The highest BCUT2D eigenvalue weighted by molar-refractivity contribution is 7.11. The Morgan fingerprint density at radius 2 is 2.10 bits per heavy atom. The number of hydrogen-bond donors (Lipinski definition) is 1. The zero-order valence-electron chi connectivity index (χ0n) is 13.2. The van der Waals surface area contributed by atoms with Crippen LogP contribution in [0.1, 0.15) is 62.0 Å². The molecule has 0 aliphatic heterocycles. The van der Waals surface area contributed by atoms with Gasteiger partial charge in [0.25, 0.3) is 0 Å². The average Bonchev–Trinajstić information content (AvgIpc) is 3.16. The van der Waals surface area contributed by atoms with Gasteiger partial charge in [-0.3, -0.25) is 0 Å². The third kappa shape index (κ3) is 3.25. The predicted molar refractivity (Wildman–Crippen MR) is 86.1 cm³/mol. The largest absolute Gasteiger partial charge is 0.310 e. The number of thiazole rings is 1. The highest BCUT2D eigenvalue weighted by Crippen LogP contribution is 2.41. The van der Waals surface area contributed by atoms with Crippen molar-refractivity contribution in [3.8, 4) is 0 Å². The summed E-state index contributed by atoms with van der Waals surface area (Å²) in [5, 5.41) is 4.88. The minimum absolute atomic E-state index is 0.478. The van der Waals surface area contributed by atoms with Crippen molar-refractivity contribution in [1.82, 2.24) is 10.3 Å². The number of fused-ring (bicyclic) bond motifs is 1. The van der Waals surface area contributed by atoms with Gasteiger partial charge in [-0.25, -0.2) is 4.98 Å². The molecule has 1 fully saturated rings. The van der Waals surface area contributed by atoms with Crippen molar-refractivity contribution in [2.75, 3.05) is 6.54 Å². The molecule has 0 bridgehead atoms. The fourth-order valence-electron chi connectivity index (χ4n) is 3.16. The molecule has 1 aromatic rings. The molecule has 3 rings (SSSR count). The molecule has 0 radical (unpaired) electrons. The van der Waals surface area contributed by atoms with E-state index in [9.17, 15) is 0 Å². The second kappa shape index (κ2) is 5.76. The minimum atomic E-state index is 0.478. The van der Waals surface area contributed by atoms with Crippen LogP contribution in [0.25, 0.3) is 0 Å². The molecule has 1 saturated carbocycles. The molecular formula is C17H28N2S. The maximum Gasteiger partial charge on any atom is 0.107 e. The standard InChI is InChI=1S/C17H28N2S/c1-4-17(2,3)13-7-8-14-15(9-13)20-16(19-14)11-18-10-12-5-6-12/h12-13,18H,4-11H2,1-3H3. The first kappa shape index (κ1) is 14.5. The molecule has 0 spiro atoms. The SMILES string of the molecule is CCC(C)(C)C1CCc2nc(CNCC3CC3)sc2C1. The topological polar surface area (TPSA) is 24.9 Å². The van der Waals surface area contributed by atoms with Crippen LogP contribution < -0.4 is 5.32 Å². The summed E-state index contributed by atoms with van der Waals surface area (Å²) in [4.78, 5) is 6.44. The Bertz CT molecular complexity index is 460. The lowest BCUT2D eigenvalue weighted by molar-refractivity contribution is 0.183. The van der Waals surface area contributed by atoms with E-state index >= 15 is 0 Å². The molecule has 0 aromatic carbocycles. The molecule has 1 N–H and O–H groups in total. The number of nitrogens with one attached hydrogen (secondary N) is 1. The quantitative estimate of drug-likeness (QED) is 0.850. The second-order valence-corrected chi connectivity index (χ2v) is 8.50. The third-order valence-corrected chi connectivity index (χ3v) is 6.53. The second-order valence-electron chi connectivity index (χ2n) is 7.33. The van der Waals surface area contributed by atoms with Crippen LogP contribution in [0, 0.1) is 17.3 Å². The molecule has 1 atom stereocenters. The van der Waals surface area contributed by atoms with Crippen LogP contribution in [0.4, 0.5) is 0 Å². The van der Waals surface area contributed by atoms with Gasteiger partial charge in [0.05, 0.1) is 5.69 Å². The Labute approximate surface area is 127 Å². The van der Waals surface area contributed by atoms with Crippen LogP contribution in [0.5, 0.6) is 0 Å². The lowest BCUT2D eigenvalue weighted by atomic mass is 9.70. The molecule has 1 unspecified atom stereocenters. The van der Waals surface area contributed by atoms with E-state index in [1.165, 1.54) is 55.8 Å². The zero-order valence-corrected chi connectivity index (χ0v) is 14.0. The summed E-state index contributed by atoms with van der Waals surface area (Å²) in [5.74, 6) is 1.80. The molecule has 2 aliphatic carbocycles. The maximum absolute atomic E-state index is 4.87. The lowest BCUT2D eigenvalue weighted by Gasteiger charge is -2.35. The number of aryl methyl sites for hydroxylation is 1. The van der Waals surface area contributed by atoms with Crippen LogP contribution in [0.15, 0.2) is 0 Å². The maximum atomic E-state index is 4.87. The van der Waals surface area contributed by atoms with E-state index < -0.39 is 0 Å². The molecule has 2 aliphatic rings. The molecule has 0 amide bonds. The summed E-state index contributed by atoms with van der Waals surface area (Å²) in [6, 6.07) is 0. The van der Waals surface area contributed by atoms with E-state index in [2.05, 4.69) is 26.1 Å². The van der Waals surface area contributed by atoms with Gasteiger partial charge >= 0.3 is 0 Å². The molecule has 1 heterocycles. The van der Waals surface area contributed by atoms with Gasteiger partial charge in [0.1, 0.15) is 5.01 Å². The van der Waals surface area contributed by atoms with Gasteiger partial charge < -0.3 is 5.32 Å². The summed E-state index contributed by atoms with van der Waals surface area (Å²) < 4.78 is 0. The van der Waals surface area contributed by atoms with E-state index in [0.29, 0.717) is 5.41 Å². The van der Waals surface area contributed by atoms with Crippen molar-refractivity contribution < 1.29 is 0 Å². The predicted octanol–water partition coefficient (Wildman–Crippen LogP) is 4.18. The Balaban J connectivity index is 1.59. The minimum Gasteiger partial charge on any atom is -0.310 e. The van der Waals surface area contributed by atoms with Crippen molar-refractivity contribution in [3.63, 3.8) is 0 Å². The van der Waals surface area contributed by atoms with E-state index in [1.807, 2.05) is 11.3 Å². The van der Waals surface area contributed by atoms with Crippen LogP contribution in [0.3, 0.4) is 0 Å². The number of nitrogens with zero attached hydrogens (tertiary/aromatic N) is 1. The van der Waals surface area contributed by atoms with Crippen molar-refractivity contribution in [3.05, 3.63) is 15.6 Å². The van der Waals surface area contributed by atoms with Crippen LogP contribution in [0.2, 0.25) is 0 Å². The van der Waals surface area contributed by atoms with Crippen molar-refractivity contribution >= 4 is 11.3 Å². The number of aromatic nitrogens is 1. The van der Waals surface area contributed by atoms with Gasteiger partial charge in [-0.15, -0.1) is 11.3 Å². The molecule has 3 heteroatoms. The Morgan fingerprint density at radius 1 is 1.30 bits per heavy atom. The summed E-state index contributed by atoms with van der Waals surface area (Å²) in [7, 11) is 0. The molecule has 20 heavy (non-hydrogen) atoms. The highest BCUT2D eigenvalue weighted by atomic mass is 32.1. The van der Waals surface area contributed by atoms with E-state index in [1.54, 1.807) is 4.88 Å². The summed E-state index contributed by atoms with van der Waals surface area (Å²) in [6.45, 7) is 9.37. The number of hydrogen-bond acceptors (Lipinski definition) is 3. The van der Waals surface area contributed by atoms with Gasteiger partial charge in [0.2, 0.25) is 0 Å². The van der Waals surface area contributed by atoms with Gasteiger partial charge in [-0.1, -0.05) is 27.2 Å². The van der Waals surface area contributed by atoms with Crippen molar-refractivity contribution in [1.29, 1.82) is 0 Å². The van der Waals surface area contributed by atoms with Gasteiger partial charge in [-0.05, 0) is 55.9 Å². The Morgan fingerprint density at radius 3 is 2.80 bits per heavy atom. The smallest absolute Gasteiger partial charge is 0.107 e. The van der Waals surface area contributed by atoms with Crippen molar-refractivity contribution in [2.45, 2.75) is 65.8 Å². The average molecular weight is 292 g/mol.